The van der Waals surface area contributed by atoms with Gasteiger partial charge in [-0.1, -0.05) is 5.16 Å². The number of aromatic nitrogens is 2. The molecule has 0 radical (unpaired) electrons. The van der Waals surface area contributed by atoms with Crippen LogP contribution in [0, 0.1) is 0 Å². The molecule has 31 heavy (non-hydrogen) atoms. The topological polar surface area (TPSA) is 163 Å². The van der Waals surface area contributed by atoms with Gasteiger partial charge in [-0.15, -0.1) is 11.3 Å². The standard InChI is InChI=1S/C18H17N7O5S/c1-30-23-13(12-8-31-18(19)22-12)15(26)21-11-7-24-6-10(9-2-4-20-5-3-9)14(17(28)29)25(24)16(11)27/h2-5,8,11H,6-7H2,1H3,(H2,19,22)(H,21,26)(H,28,29)/b23-13-/t11-/m0/s1. The molecule has 4 rings (SSSR count). The second-order valence-corrected chi connectivity index (χ2v) is 7.47. The number of carbonyl (C=O) groups is 3. The molecule has 0 unspecified atom stereocenters. The second-order valence-electron chi connectivity index (χ2n) is 6.58. The minimum absolute atomic E-state index is 0.0927. The van der Waals surface area contributed by atoms with E-state index in [2.05, 4.69) is 20.4 Å². The number of pyridine rings is 1. The molecule has 0 bridgehead atoms. The van der Waals surface area contributed by atoms with Crippen LogP contribution in [0.3, 0.4) is 0 Å². The number of fused-ring (bicyclic) bond motifs is 1. The second kappa shape index (κ2) is 8.12. The number of thiazole rings is 1. The SMILES string of the molecule is CO/N=C(\C(=O)N[C@H]1CN2CC(c3ccncc3)=C(C(=O)O)N2C1=O)c1csc(N)n1. The molecule has 1 fully saturated rings. The number of nitrogens with one attached hydrogen (secondary N) is 1. The number of nitrogens with two attached hydrogens (primary N) is 1. The van der Waals surface area contributed by atoms with Crippen molar-refractivity contribution in [3.8, 4) is 0 Å². The van der Waals surface area contributed by atoms with Gasteiger partial charge in [-0.05, 0) is 17.7 Å². The number of carboxylic acid groups (broad SMARTS) is 1. The molecule has 12 nitrogen and oxygen atoms in total. The zero-order valence-electron chi connectivity index (χ0n) is 16.2. The number of oxime groups is 1. The van der Waals surface area contributed by atoms with E-state index in [0.29, 0.717) is 11.1 Å². The van der Waals surface area contributed by atoms with Crippen LogP contribution in [-0.4, -0.2) is 74.8 Å². The molecule has 13 heteroatoms. The van der Waals surface area contributed by atoms with Crippen molar-refractivity contribution in [2.45, 2.75) is 6.04 Å². The predicted octanol–water partition coefficient (Wildman–Crippen LogP) is -0.476. The van der Waals surface area contributed by atoms with E-state index >= 15 is 0 Å². The molecular weight excluding hydrogens is 426 g/mol. The van der Waals surface area contributed by atoms with E-state index in [4.69, 9.17) is 10.6 Å². The lowest BCUT2D eigenvalue weighted by Gasteiger charge is -2.19. The van der Waals surface area contributed by atoms with E-state index in [0.717, 1.165) is 16.3 Å². The van der Waals surface area contributed by atoms with Crippen LogP contribution in [0.1, 0.15) is 11.3 Å². The Labute approximate surface area is 179 Å². The Morgan fingerprint density at radius 2 is 2.13 bits per heavy atom. The molecule has 160 valence electrons. The van der Waals surface area contributed by atoms with Gasteiger partial charge in [-0.2, -0.15) is 0 Å². The number of hydrogen-bond donors (Lipinski definition) is 3. The van der Waals surface area contributed by atoms with Gasteiger partial charge >= 0.3 is 5.97 Å². The lowest BCUT2D eigenvalue weighted by Crippen LogP contribution is -2.46. The monoisotopic (exact) mass is 443 g/mol. The van der Waals surface area contributed by atoms with E-state index in [1.165, 1.54) is 12.5 Å². The summed E-state index contributed by atoms with van der Waals surface area (Å²) in [5.74, 6) is -2.50. The highest BCUT2D eigenvalue weighted by Gasteiger charge is 2.48. The van der Waals surface area contributed by atoms with Crippen LogP contribution in [0.25, 0.3) is 5.57 Å². The summed E-state index contributed by atoms with van der Waals surface area (Å²) in [7, 11) is 1.27. The van der Waals surface area contributed by atoms with E-state index in [1.807, 2.05) is 0 Å². The van der Waals surface area contributed by atoms with Crippen molar-refractivity contribution >= 4 is 45.5 Å². The maximum atomic E-state index is 13.0. The number of hydrogen-bond acceptors (Lipinski definition) is 10. The molecule has 2 amide bonds. The Morgan fingerprint density at radius 3 is 2.74 bits per heavy atom. The zero-order valence-corrected chi connectivity index (χ0v) is 17.0. The first-order valence-corrected chi connectivity index (χ1v) is 9.87. The molecular formula is C18H17N7O5S. The Kier molecular flexibility index (Phi) is 5.35. The maximum absolute atomic E-state index is 13.0. The van der Waals surface area contributed by atoms with Crippen molar-refractivity contribution in [3.63, 3.8) is 0 Å². The Morgan fingerprint density at radius 1 is 1.39 bits per heavy atom. The average Bonchev–Trinajstić information content (AvgIpc) is 3.42. The predicted molar refractivity (Wildman–Crippen MR) is 109 cm³/mol. The summed E-state index contributed by atoms with van der Waals surface area (Å²) < 4.78 is 0. The third-order valence-electron chi connectivity index (χ3n) is 4.72. The minimum atomic E-state index is -1.24. The molecule has 0 aliphatic carbocycles. The van der Waals surface area contributed by atoms with Crippen molar-refractivity contribution in [1.29, 1.82) is 0 Å². The van der Waals surface area contributed by atoms with E-state index in [1.54, 1.807) is 29.5 Å². The van der Waals surface area contributed by atoms with Gasteiger partial charge in [0.15, 0.2) is 16.5 Å². The summed E-state index contributed by atoms with van der Waals surface area (Å²) in [6, 6.07) is 2.38. The largest absolute Gasteiger partial charge is 0.477 e. The van der Waals surface area contributed by atoms with Crippen molar-refractivity contribution in [3.05, 3.63) is 46.9 Å². The fourth-order valence-electron chi connectivity index (χ4n) is 3.46. The molecule has 0 aromatic carbocycles. The van der Waals surface area contributed by atoms with Gasteiger partial charge in [0, 0.05) is 36.4 Å². The highest BCUT2D eigenvalue weighted by molar-refractivity contribution is 7.13. The fraction of sp³-hybridized carbons (Fsp3) is 0.222. The number of carbonyl (C=O) groups excluding carboxylic acids is 2. The molecule has 1 saturated heterocycles. The van der Waals surface area contributed by atoms with Crippen molar-refractivity contribution in [1.82, 2.24) is 25.3 Å². The number of aliphatic carboxylic acids is 1. The lowest BCUT2D eigenvalue weighted by atomic mass is 10.1. The summed E-state index contributed by atoms with van der Waals surface area (Å²) in [6.07, 6.45) is 3.10. The molecule has 0 spiro atoms. The molecule has 1 atom stereocenters. The number of nitrogens with zero attached hydrogens (tertiary/aromatic N) is 5. The highest BCUT2D eigenvalue weighted by Crippen LogP contribution is 2.34. The van der Waals surface area contributed by atoms with Crippen LogP contribution >= 0.6 is 11.3 Å². The Balaban J connectivity index is 1.57. The number of carboxylic acids is 1. The van der Waals surface area contributed by atoms with Gasteiger partial charge in [-0.25, -0.2) is 19.8 Å². The fourth-order valence-corrected chi connectivity index (χ4v) is 4.00. The van der Waals surface area contributed by atoms with Gasteiger partial charge in [0.1, 0.15) is 18.8 Å². The third kappa shape index (κ3) is 3.71. The lowest BCUT2D eigenvalue weighted by molar-refractivity contribution is -0.143. The molecule has 4 heterocycles. The average molecular weight is 443 g/mol. The van der Waals surface area contributed by atoms with Crippen molar-refractivity contribution < 1.29 is 24.3 Å². The quantitative estimate of drug-likeness (QED) is 0.395. The summed E-state index contributed by atoms with van der Waals surface area (Å²) in [4.78, 5) is 50.3. The zero-order chi connectivity index (χ0) is 22.1. The van der Waals surface area contributed by atoms with Crippen LogP contribution in [0.15, 0.2) is 40.8 Å². The van der Waals surface area contributed by atoms with Crippen LogP contribution in [0.2, 0.25) is 0 Å². The van der Waals surface area contributed by atoms with E-state index in [9.17, 15) is 19.5 Å². The van der Waals surface area contributed by atoms with E-state index < -0.39 is 23.8 Å². The van der Waals surface area contributed by atoms with Gasteiger partial charge in [0.25, 0.3) is 11.8 Å². The number of rotatable bonds is 6. The Bertz CT molecular complexity index is 1110. The van der Waals surface area contributed by atoms with Crippen molar-refractivity contribution in [2.75, 3.05) is 25.9 Å². The first kappa shape index (κ1) is 20.4. The van der Waals surface area contributed by atoms with Crippen molar-refractivity contribution in [2.24, 2.45) is 5.16 Å². The maximum Gasteiger partial charge on any atom is 0.354 e. The summed E-state index contributed by atoms with van der Waals surface area (Å²) in [5, 5.41) is 20.5. The number of hydrazine groups is 1. The molecule has 4 N–H and O–H groups in total. The van der Waals surface area contributed by atoms with Crippen LogP contribution < -0.4 is 11.1 Å². The molecule has 2 aromatic rings. The summed E-state index contributed by atoms with van der Waals surface area (Å²) in [6.45, 7) is 0.292. The smallest absolute Gasteiger partial charge is 0.354 e. The molecule has 2 aromatic heterocycles. The Hall–Kier alpha value is -3.84. The number of amides is 2. The van der Waals surface area contributed by atoms with Crippen LogP contribution in [0.5, 0.6) is 0 Å². The van der Waals surface area contributed by atoms with Crippen LogP contribution in [0.4, 0.5) is 5.13 Å². The summed E-state index contributed by atoms with van der Waals surface area (Å²) in [5.41, 5.74) is 6.68. The highest BCUT2D eigenvalue weighted by atomic mass is 32.1. The van der Waals surface area contributed by atoms with Gasteiger partial charge in [0.05, 0.1) is 0 Å². The van der Waals surface area contributed by atoms with Gasteiger partial charge < -0.3 is 21.0 Å². The molecule has 0 saturated carbocycles. The first-order chi connectivity index (χ1) is 14.9. The number of anilines is 1. The van der Waals surface area contributed by atoms with Crippen LogP contribution in [-0.2, 0) is 19.2 Å². The normalized spacial score (nSPS) is 19.0. The first-order valence-electron chi connectivity index (χ1n) is 8.99. The summed E-state index contributed by atoms with van der Waals surface area (Å²) >= 11 is 1.13. The third-order valence-corrected chi connectivity index (χ3v) is 5.39. The minimum Gasteiger partial charge on any atom is -0.477 e. The van der Waals surface area contributed by atoms with E-state index in [-0.39, 0.29) is 35.3 Å². The van der Waals surface area contributed by atoms with Gasteiger partial charge in [0.2, 0.25) is 0 Å². The van der Waals surface area contributed by atoms with Gasteiger partial charge in [-0.3, -0.25) is 14.6 Å². The molecule has 2 aliphatic rings. The molecule has 2 aliphatic heterocycles. The number of nitrogen functional groups attached to an aromatic ring is 1.